The number of hydrogen-bond acceptors (Lipinski definition) is 6. The van der Waals surface area contributed by atoms with E-state index in [9.17, 15) is 0 Å². The maximum atomic E-state index is 6.75. The number of nitrogens with zero attached hydrogens (tertiary/aromatic N) is 3. The Morgan fingerprint density at radius 3 is 1.82 bits per heavy atom. The van der Waals surface area contributed by atoms with Crippen LogP contribution >= 0.6 is 11.3 Å². The molecule has 0 aliphatic rings. The summed E-state index contributed by atoms with van der Waals surface area (Å²) in [6, 6.07) is 52.0. The fraction of sp³-hybridized carbons (Fsp3) is 0. The number of benzene rings is 7. The van der Waals surface area contributed by atoms with Crippen molar-refractivity contribution in [2.45, 2.75) is 0 Å². The molecule has 0 fully saturated rings. The number of para-hydroxylation sites is 3. The largest absolute Gasteiger partial charge is 0.455 e. The van der Waals surface area contributed by atoms with Crippen molar-refractivity contribution in [2.24, 2.45) is 0 Å². The van der Waals surface area contributed by atoms with Gasteiger partial charge in [0.2, 0.25) is 0 Å². The Kier molecular flexibility index (Phi) is 6.05. The Labute approximate surface area is 295 Å². The highest BCUT2D eigenvalue weighted by atomic mass is 32.1. The van der Waals surface area contributed by atoms with Crippen LogP contribution in [0.1, 0.15) is 0 Å². The summed E-state index contributed by atoms with van der Waals surface area (Å²) in [5.41, 5.74) is 8.02. The lowest BCUT2D eigenvalue weighted by Crippen LogP contribution is -2.00. The van der Waals surface area contributed by atoms with Gasteiger partial charge in [-0.1, -0.05) is 121 Å². The zero-order valence-electron chi connectivity index (χ0n) is 27.0. The average Bonchev–Trinajstić information content (AvgIpc) is 3.89. The van der Waals surface area contributed by atoms with Crippen molar-refractivity contribution in [1.82, 2.24) is 15.0 Å². The SMILES string of the molecule is c1ccc(-c2nc(-c3cccc4c3oc3cccc(-c5cccc6c5oc5ccccc56)c34)nc(-c3cccc4sc5ccccc5c34)n2)cc1. The molecule has 11 rings (SSSR count). The number of hydrogen-bond donors (Lipinski definition) is 0. The molecule has 11 aromatic rings. The van der Waals surface area contributed by atoms with Crippen LogP contribution in [0.3, 0.4) is 0 Å². The van der Waals surface area contributed by atoms with Gasteiger partial charge in [0.1, 0.15) is 22.3 Å². The fourth-order valence-electron chi connectivity index (χ4n) is 7.50. The number of furan rings is 2. The van der Waals surface area contributed by atoms with Gasteiger partial charge in [0.25, 0.3) is 0 Å². The van der Waals surface area contributed by atoms with Gasteiger partial charge in [-0.3, -0.25) is 0 Å². The van der Waals surface area contributed by atoms with E-state index in [2.05, 4.69) is 91.0 Å². The first kappa shape index (κ1) is 28.2. The van der Waals surface area contributed by atoms with Crippen LogP contribution in [0.2, 0.25) is 0 Å². The molecule has 0 saturated heterocycles. The van der Waals surface area contributed by atoms with Crippen molar-refractivity contribution in [1.29, 1.82) is 0 Å². The van der Waals surface area contributed by atoms with Crippen molar-refractivity contribution in [3.05, 3.63) is 152 Å². The summed E-state index contributed by atoms with van der Waals surface area (Å²) in [7, 11) is 0. The highest BCUT2D eigenvalue weighted by Gasteiger charge is 2.22. The molecule has 238 valence electrons. The highest BCUT2D eigenvalue weighted by Crippen LogP contribution is 2.44. The van der Waals surface area contributed by atoms with Crippen LogP contribution in [-0.2, 0) is 0 Å². The standard InChI is InChI=1S/C45H25N3O2S/c1-2-12-26(13-3-1)43-46-44(33-20-11-25-38-40(33)31-15-5-7-24-37(31)51-38)48-45(47-43)34-21-9-19-32-39-28(16-10-23-36(39)50-42(32)34)30-18-8-17-29-27-14-4-6-22-35(27)49-41(29)30/h1-25H. The van der Waals surface area contributed by atoms with Gasteiger partial charge in [-0.2, -0.15) is 0 Å². The van der Waals surface area contributed by atoms with Crippen LogP contribution in [0.15, 0.2) is 160 Å². The van der Waals surface area contributed by atoms with Crippen LogP contribution in [0.5, 0.6) is 0 Å². The van der Waals surface area contributed by atoms with Crippen molar-refractivity contribution in [3.8, 4) is 45.3 Å². The molecule has 6 heteroatoms. The van der Waals surface area contributed by atoms with Gasteiger partial charge in [0, 0.05) is 58.4 Å². The van der Waals surface area contributed by atoms with Gasteiger partial charge >= 0.3 is 0 Å². The Balaban J connectivity index is 1.16. The summed E-state index contributed by atoms with van der Waals surface area (Å²) in [5.74, 6) is 1.79. The average molecular weight is 672 g/mol. The van der Waals surface area contributed by atoms with Gasteiger partial charge in [-0.05, 0) is 35.9 Å². The van der Waals surface area contributed by atoms with E-state index in [0.29, 0.717) is 17.5 Å². The van der Waals surface area contributed by atoms with Crippen molar-refractivity contribution < 1.29 is 8.83 Å². The zero-order chi connectivity index (χ0) is 33.5. The van der Waals surface area contributed by atoms with Gasteiger partial charge in [-0.15, -0.1) is 11.3 Å². The van der Waals surface area contributed by atoms with Gasteiger partial charge in [0.05, 0.1) is 5.56 Å². The molecule has 0 aliphatic heterocycles. The Morgan fingerprint density at radius 1 is 0.353 bits per heavy atom. The molecular formula is C45H25N3O2S. The number of rotatable bonds is 4. The van der Waals surface area contributed by atoms with E-state index in [1.807, 2.05) is 60.7 Å². The third-order valence-electron chi connectivity index (χ3n) is 9.77. The first-order chi connectivity index (χ1) is 25.3. The predicted molar refractivity (Wildman–Crippen MR) is 209 cm³/mol. The molecule has 4 aromatic heterocycles. The second kappa shape index (κ2) is 10.9. The molecule has 51 heavy (non-hydrogen) atoms. The van der Waals surface area contributed by atoms with Crippen LogP contribution in [-0.4, -0.2) is 15.0 Å². The first-order valence-corrected chi connectivity index (χ1v) is 17.7. The third-order valence-corrected chi connectivity index (χ3v) is 10.9. The minimum Gasteiger partial charge on any atom is -0.455 e. The molecule has 0 radical (unpaired) electrons. The molecule has 0 amide bonds. The first-order valence-electron chi connectivity index (χ1n) is 16.9. The summed E-state index contributed by atoms with van der Waals surface area (Å²) in [5, 5.41) is 6.55. The molecular weight excluding hydrogens is 647 g/mol. The second-order valence-electron chi connectivity index (χ2n) is 12.7. The van der Waals surface area contributed by atoms with Gasteiger partial charge in [-0.25, -0.2) is 15.0 Å². The van der Waals surface area contributed by atoms with Crippen LogP contribution in [0.25, 0.3) is 109 Å². The molecule has 0 unspecified atom stereocenters. The Hall–Kier alpha value is -6.63. The summed E-state index contributed by atoms with van der Waals surface area (Å²) >= 11 is 1.78. The summed E-state index contributed by atoms with van der Waals surface area (Å²) < 4.78 is 15.7. The predicted octanol–water partition coefficient (Wildman–Crippen LogP) is 12.7. The van der Waals surface area contributed by atoms with Crippen LogP contribution in [0.4, 0.5) is 0 Å². The Morgan fingerprint density at radius 2 is 0.922 bits per heavy atom. The quantitative estimate of drug-likeness (QED) is 0.186. The summed E-state index contributed by atoms with van der Waals surface area (Å²) in [6.07, 6.45) is 0. The zero-order valence-corrected chi connectivity index (χ0v) is 27.8. The minimum atomic E-state index is 0.556. The van der Waals surface area contributed by atoms with Crippen molar-refractivity contribution >= 4 is 75.4 Å². The van der Waals surface area contributed by atoms with E-state index in [4.69, 9.17) is 23.8 Å². The summed E-state index contributed by atoms with van der Waals surface area (Å²) in [4.78, 5) is 15.4. The molecule has 0 aliphatic carbocycles. The van der Waals surface area contributed by atoms with Gasteiger partial charge < -0.3 is 8.83 Å². The monoisotopic (exact) mass is 671 g/mol. The lowest BCUT2D eigenvalue weighted by Gasteiger charge is -2.10. The maximum Gasteiger partial charge on any atom is 0.167 e. The normalized spacial score (nSPS) is 11.9. The molecule has 0 atom stereocenters. The van der Waals surface area contributed by atoms with E-state index in [-0.39, 0.29) is 0 Å². The van der Waals surface area contributed by atoms with E-state index >= 15 is 0 Å². The lowest BCUT2D eigenvalue weighted by atomic mass is 9.97. The number of aromatic nitrogens is 3. The molecule has 4 heterocycles. The molecule has 5 nitrogen and oxygen atoms in total. The second-order valence-corrected chi connectivity index (χ2v) is 13.8. The highest BCUT2D eigenvalue weighted by molar-refractivity contribution is 7.25. The third kappa shape index (κ3) is 4.30. The van der Waals surface area contributed by atoms with E-state index in [0.717, 1.165) is 77.1 Å². The van der Waals surface area contributed by atoms with E-state index in [1.54, 1.807) is 11.3 Å². The maximum absolute atomic E-state index is 6.75. The molecule has 7 aromatic carbocycles. The lowest BCUT2D eigenvalue weighted by molar-refractivity contribution is 0.669. The summed E-state index contributed by atoms with van der Waals surface area (Å²) in [6.45, 7) is 0. The molecule has 0 saturated carbocycles. The van der Waals surface area contributed by atoms with Crippen LogP contribution in [0, 0.1) is 0 Å². The van der Waals surface area contributed by atoms with Crippen molar-refractivity contribution in [3.63, 3.8) is 0 Å². The topological polar surface area (TPSA) is 65.0 Å². The fourth-order valence-corrected chi connectivity index (χ4v) is 8.63. The Bertz CT molecular complexity index is 3160. The number of fused-ring (bicyclic) bond motifs is 9. The molecule has 0 N–H and O–H groups in total. The molecule has 0 bridgehead atoms. The smallest absolute Gasteiger partial charge is 0.167 e. The van der Waals surface area contributed by atoms with E-state index in [1.165, 1.54) is 14.8 Å². The number of thiophene rings is 1. The van der Waals surface area contributed by atoms with Gasteiger partial charge in [0.15, 0.2) is 17.5 Å². The van der Waals surface area contributed by atoms with Crippen molar-refractivity contribution in [2.75, 3.05) is 0 Å². The minimum absolute atomic E-state index is 0.556. The van der Waals surface area contributed by atoms with E-state index < -0.39 is 0 Å². The van der Waals surface area contributed by atoms with Crippen LogP contribution < -0.4 is 0 Å². The molecule has 0 spiro atoms.